The molecule has 0 aliphatic heterocycles. The molecule has 0 N–H and O–H groups in total. The molecule has 4 heteroatoms. The molecule has 2 aromatic rings. The Hall–Kier alpha value is -1.86. The van der Waals surface area contributed by atoms with Crippen LogP contribution in [0.1, 0.15) is 5.69 Å². The summed E-state index contributed by atoms with van der Waals surface area (Å²) >= 11 is 1.40. The van der Waals surface area contributed by atoms with Crippen LogP contribution >= 0.6 is 11.8 Å². The Balaban J connectivity index is 2.24. The van der Waals surface area contributed by atoms with Crippen molar-refractivity contribution in [1.82, 2.24) is 4.98 Å². The summed E-state index contributed by atoms with van der Waals surface area (Å²) in [4.78, 5) is 5.54. The summed E-state index contributed by atoms with van der Waals surface area (Å²) in [6, 6.07) is 11.8. The van der Waals surface area contributed by atoms with Gasteiger partial charge in [-0.1, -0.05) is 17.8 Å². The van der Waals surface area contributed by atoms with Crippen molar-refractivity contribution in [1.29, 1.82) is 5.26 Å². The minimum absolute atomic E-state index is 0.264. The van der Waals surface area contributed by atoms with Crippen molar-refractivity contribution in [2.24, 2.45) is 0 Å². The molecule has 0 spiro atoms. The zero-order chi connectivity index (χ0) is 11.4. The maximum atomic E-state index is 12.9. The van der Waals surface area contributed by atoms with Crippen molar-refractivity contribution in [3.63, 3.8) is 0 Å². The van der Waals surface area contributed by atoms with E-state index in [2.05, 4.69) is 4.98 Å². The van der Waals surface area contributed by atoms with Crippen LogP contribution in [0.25, 0.3) is 0 Å². The number of nitrogens with zero attached hydrogens (tertiary/aromatic N) is 2. The number of halogens is 1. The maximum Gasteiger partial charge on any atom is 0.141 e. The van der Waals surface area contributed by atoms with Gasteiger partial charge in [-0.2, -0.15) is 5.26 Å². The predicted molar refractivity (Wildman–Crippen MR) is 59.5 cm³/mol. The summed E-state index contributed by atoms with van der Waals surface area (Å²) in [5.74, 6) is -0.264. The standard InChI is InChI=1S/C12H7FN2S/c13-9-2-1-3-11(6-9)16-12-4-5-15-10(7-12)8-14/h1-7H. The summed E-state index contributed by atoms with van der Waals surface area (Å²) in [7, 11) is 0. The summed E-state index contributed by atoms with van der Waals surface area (Å²) in [6.07, 6.45) is 1.57. The van der Waals surface area contributed by atoms with Crippen LogP contribution in [0.3, 0.4) is 0 Å². The predicted octanol–water partition coefficient (Wildman–Crippen LogP) is 3.24. The van der Waals surface area contributed by atoms with E-state index in [1.807, 2.05) is 12.1 Å². The lowest BCUT2D eigenvalue weighted by Gasteiger charge is -2.01. The molecule has 2 nitrogen and oxygen atoms in total. The molecule has 0 aliphatic rings. The van der Waals surface area contributed by atoms with E-state index in [0.29, 0.717) is 5.69 Å². The van der Waals surface area contributed by atoms with Gasteiger partial charge < -0.3 is 0 Å². The van der Waals surface area contributed by atoms with Crippen molar-refractivity contribution in [2.75, 3.05) is 0 Å². The number of rotatable bonds is 2. The Morgan fingerprint density at radius 2 is 2.00 bits per heavy atom. The van der Waals surface area contributed by atoms with E-state index in [0.717, 1.165) is 9.79 Å². The van der Waals surface area contributed by atoms with Gasteiger partial charge in [-0.05, 0) is 30.3 Å². The van der Waals surface area contributed by atoms with Gasteiger partial charge in [0.1, 0.15) is 17.6 Å². The minimum atomic E-state index is -0.264. The average Bonchev–Trinajstić information content (AvgIpc) is 2.29. The lowest BCUT2D eigenvalue weighted by atomic mass is 10.3. The highest BCUT2D eigenvalue weighted by molar-refractivity contribution is 7.99. The van der Waals surface area contributed by atoms with Crippen LogP contribution in [0.5, 0.6) is 0 Å². The number of aromatic nitrogens is 1. The third-order valence-corrected chi connectivity index (χ3v) is 2.86. The van der Waals surface area contributed by atoms with E-state index in [1.54, 1.807) is 24.4 Å². The fourth-order valence-electron chi connectivity index (χ4n) is 1.20. The van der Waals surface area contributed by atoms with E-state index >= 15 is 0 Å². The second-order valence-corrected chi connectivity index (χ2v) is 4.19. The molecule has 0 fully saturated rings. The smallest absolute Gasteiger partial charge is 0.141 e. The van der Waals surface area contributed by atoms with Crippen LogP contribution in [0, 0.1) is 17.1 Å². The lowest BCUT2D eigenvalue weighted by Crippen LogP contribution is -1.82. The Morgan fingerprint density at radius 3 is 2.75 bits per heavy atom. The van der Waals surface area contributed by atoms with Crippen LogP contribution in [0.4, 0.5) is 4.39 Å². The average molecular weight is 230 g/mol. The lowest BCUT2D eigenvalue weighted by molar-refractivity contribution is 0.624. The first-order valence-electron chi connectivity index (χ1n) is 4.57. The van der Waals surface area contributed by atoms with E-state index in [-0.39, 0.29) is 5.82 Å². The van der Waals surface area contributed by atoms with Crippen LogP contribution < -0.4 is 0 Å². The summed E-state index contributed by atoms with van der Waals surface area (Å²) in [5, 5.41) is 8.69. The van der Waals surface area contributed by atoms with Gasteiger partial charge in [-0.3, -0.25) is 0 Å². The van der Waals surface area contributed by atoms with E-state index in [9.17, 15) is 4.39 Å². The fourth-order valence-corrected chi connectivity index (χ4v) is 2.09. The molecule has 16 heavy (non-hydrogen) atoms. The third kappa shape index (κ3) is 2.59. The summed E-state index contributed by atoms with van der Waals surface area (Å²) in [6.45, 7) is 0. The van der Waals surface area contributed by atoms with Gasteiger partial charge in [0, 0.05) is 16.0 Å². The molecular formula is C12H7FN2S. The zero-order valence-corrected chi connectivity index (χ0v) is 9.04. The highest BCUT2D eigenvalue weighted by Gasteiger charge is 2.00. The van der Waals surface area contributed by atoms with E-state index < -0.39 is 0 Å². The number of pyridine rings is 1. The second kappa shape index (κ2) is 4.77. The molecule has 2 rings (SSSR count). The molecule has 1 aromatic heterocycles. The number of hydrogen-bond acceptors (Lipinski definition) is 3. The molecule has 0 saturated carbocycles. The van der Waals surface area contributed by atoms with Crippen molar-refractivity contribution in [3.8, 4) is 6.07 Å². The van der Waals surface area contributed by atoms with Crippen molar-refractivity contribution in [3.05, 3.63) is 54.1 Å². The van der Waals surface area contributed by atoms with Gasteiger partial charge in [0.05, 0.1) is 0 Å². The van der Waals surface area contributed by atoms with Crippen molar-refractivity contribution >= 4 is 11.8 Å². The first-order chi connectivity index (χ1) is 7.78. The normalized spacial score (nSPS) is 9.75. The molecule has 0 aliphatic carbocycles. The van der Waals surface area contributed by atoms with Gasteiger partial charge in [-0.15, -0.1) is 0 Å². The molecule has 1 heterocycles. The van der Waals surface area contributed by atoms with Crippen molar-refractivity contribution < 1.29 is 4.39 Å². The molecule has 1 aromatic carbocycles. The highest BCUT2D eigenvalue weighted by Crippen LogP contribution is 2.27. The number of nitriles is 1. The first kappa shape index (κ1) is 10.7. The highest BCUT2D eigenvalue weighted by atomic mass is 32.2. The molecule has 0 radical (unpaired) electrons. The molecule has 78 valence electrons. The first-order valence-corrected chi connectivity index (χ1v) is 5.39. The Labute approximate surface area is 96.8 Å². The summed E-state index contributed by atoms with van der Waals surface area (Å²) < 4.78 is 12.9. The Bertz CT molecular complexity index is 549. The zero-order valence-electron chi connectivity index (χ0n) is 8.22. The van der Waals surface area contributed by atoms with E-state index in [4.69, 9.17) is 5.26 Å². The minimum Gasteiger partial charge on any atom is -0.245 e. The van der Waals surface area contributed by atoms with Gasteiger partial charge >= 0.3 is 0 Å². The molecular weight excluding hydrogens is 223 g/mol. The molecule has 0 amide bonds. The second-order valence-electron chi connectivity index (χ2n) is 3.05. The largest absolute Gasteiger partial charge is 0.245 e. The Kier molecular flexibility index (Phi) is 3.18. The molecule has 0 saturated heterocycles. The van der Waals surface area contributed by atoms with Gasteiger partial charge in [0.15, 0.2) is 0 Å². The third-order valence-electron chi connectivity index (χ3n) is 1.88. The van der Waals surface area contributed by atoms with Crippen LogP contribution in [0.2, 0.25) is 0 Å². The molecule has 0 bridgehead atoms. The quantitative estimate of drug-likeness (QED) is 0.794. The van der Waals surface area contributed by atoms with Crippen LogP contribution in [0.15, 0.2) is 52.4 Å². The van der Waals surface area contributed by atoms with Crippen molar-refractivity contribution in [2.45, 2.75) is 9.79 Å². The topological polar surface area (TPSA) is 36.7 Å². The number of hydrogen-bond donors (Lipinski definition) is 0. The Morgan fingerprint density at radius 1 is 1.19 bits per heavy atom. The van der Waals surface area contributed by atoms with Crippen LogP contribution in [-0.4, -0.2) is 4.98 Å². The SMILES string of the molecule is N#Cc1cc(Sc2cccc(F)c2)ccn1. The van der Waals surface area contributed by atoms with E-state index in [1.165, 1.54) is 23.9 Å². The monoisotopic (exact) mass is 230 g/mol. The van der Waals surface area contributed by atoms with Gasteiger partial charge in [0.25, 0.3) is 0 Å². The van der Waals surface area contributed by atoms with Gasteiger partial charge in [0.2, 0.25) is 0 Å². The fraction of sp³-hybridized carbons (Fsp3) is 0. The number of benzene rings is 1. The van der Waals surface area contributed by atoms with Crippen LogP contribution in [-0.2, 0) is 0 Å². The maximum absolute atomic E-state index is 12.9. The van der Waals surface area contributed by atoms with Gasteiger partial charge in [-0.25, -0.2) is 9.37 Å². The molecule has 0 unspecified atom stereocenters. The molecule has 0 atom stereocenters. The summed E-state index contributed by atoms with van der Waals surface area (Å²) in [5.41, 5.74) is 0.362.